The lowest BCUT2D eigenvalue weighted by Gasteiger charge is -2.07. The molecule has 0 aliphatic carbocycles. The Hall–Kier alpha value is -2.98. The quantitative estimate of drug-likeness (QED) is 0.425. The zero-order chi connectivity index (χ0) is 20.1. The standard InChI is InChI=1S/C18H19BrN6O3/c1-24-15-14(16(26)22-18(24)27)25(8-9-28-2)17(21-15)23-20-11-13(19)10-12-6-4-3-5-7-12/h3-7,10-11H,8-9H2,1-2H3,(H,21,23)(H,22,26,27). The highest BCUT2D eigenvalue weighted by molar-refractivity contribution is 9.12. The average molecular weight is 447 g/mol. The van der Waals surface area contributed by atoms with E-state index < -0.39 is 11.2 Å². The first-order valence-electron chi connectivity index (χ1n) is 8.41. The van der Waals surface area contributed by atoms with Crippen molar-refractivity contribution in [2.24, 2.45) is 12.1 Å². The van der Waals surface area contributed by atoms with Crippen molar-refractivity contribution in [2.45, 2.75) is 6.54 Å². The van der Waals surface area contributed by atoms with Gasteiger partial charge in [0.2, 0.25) is 5.95 Å². The predicted octanol–water partition coefficient (Wildman–Crippen LogP) is 1.90. The first-order chi connectivity index (χ1) is 13.5. The molecule has 3 rings (SSSR count). The lowest BCUT2D eigenvalue weighted by atomic mass is 10.2. The third-order valence-electron chi connectivity index (χ3n) is 3.98. The second-order valence-electron chi connectivity index (χ2n) is 5.88. The second kappa shape index (κ2) is 8.81. The van der Waals surface area contributed by atoms with Crippen LogP contribution >= 0.6 is 15.9 Å². The van der Waals surface area contributed by atoms with E-state index in [1.165, 1.54) is 4.57 Å². The summed E-state index contributed by atoms with van der Waals surface area (Å²) in [6.07, 6.45) is 3.49. The molecule has 2 N–H and O–H groups in total. The van der Waals surface area contributed by atoms with Gasteiger partial charge in [-0.1, -0.05) is 30.3 Å². The summed E-state index contributed by atoms with van der Waals surface area (Å²) in [5, 5.41) is 4.17. The maximum absolute atomic E-state index is 12.3. The molecule has 0 spiro atoms. The van der Waals surface area contributed by atoms with Crippen LogP contribution in [0.5, 0.6) is 0 Å². The molecule has 0 bridgehead atoms. The molecule has 0 saturated heterocycles. The van der Waals surface area contributed by atoms with Crippen LogP contribution in [0.25, 0.3) is 17.2 Å². The van der Waals surface area contributed by atoms with Crippen molar-refractivity contribution < 1.29 is 4.74 Å². The molecule has 0 aliphatic rings. The highest BCUT2D eigenvalue weighted by atomic mass is 79.9. The predicted molar refractivity (Wildman–Crippen MR) is 113 cm³/mol. The number of hydrogen-bond donors (Lipinski definition) is 2. The Morgan fingerprint density at radius 1 is 1.36 bits per heavy atom. The fourth-order valence-electron chi connectivity index (χ4n) is 2.62. The van der Waals surface area contributed by atoms with Crippen LogP contribution in [0.15, 0.2) is 49.5 Å². The number of aromatic amines is 1. The molecular weight excluding hydrogens is 428 g/mol. The summed E-state index contributed by atoms with van der Waals surface area (Å²) in [4.78, 5) is 30.8. The maximum Gasteiger partial charge on any atom is 0.329 e. The van der Waals surface area contributed by atoms with Crippen LogP contribution in [0.3, 0.4) is 0 Å². The number of anilines is 1. The highest BCUT2D eigenvalue weighted by Gasteiger charge is 2.16. The maximum atomic E-state index is 12.3. The zero-order valence-electron chi connectivity index (χ0n) is 15.3. The second-order valence-corrected chi connectivity index (χ2v) is 6.80. The van der Waals surface area contributed by atoms with Gasteiger partial charge in [-0.05, 0) is 27.6 Å². The van der Waals surface area contributed by atoms with Crippen molar-refractivity contribution in [3.8, 4) is 0 Å². The molecule has 0 radical (unpaired) electrons. The van der Waals surface area contributed by atoms with Gasteiger partial charge in [-0.15, -0.1) is 0 Å². The average Bonchev–Trinajstić information content (AvgIpc) is 3.04. The summed E-state index contributed by atoms with van der Waals surface area (Å²) in [6.45, 7) is 0.733. The van der Waals surface area contributed by atoms with Crippen LogP contribution in [0.2, 0.25) is 0 Å². The fraction of sp³-hybridized carbons (Fsp3) is 0.222. The number of fused-ring (bicyclic) bond motifs is 1. The molecule has 0 amide bonds. The van der Waals surface area contributed by atoms with E-state index in [0.717, 1.165) is 10.0 Å². The summed E-state index contributed by atoms with van der Waals surface area (Å²) in [5.41, 5.74) is 3.35. The number of nitrogens with zero attached hydrogens (tertiary/aromatic N) is 4. The number of ether oxygens (including phenoxy) is 1. The number of H-pyrrole nitrogens is 1. The summed E-state index contributed by atoms with van der Waals surface area (Å²) in [7, 11) is 3.11. The Balaban J connectivity index is 1.93. The Kier molecular flexibility index (Phi) is 6.22. The van der Waals surface area contributed by atoms with Crippen molar-refractivity contribution >= 4 is 45.3 Å². The number of aromatic nitrogens is 4. The minimum atomic E-state index is -0.530. The minimum absolute atomic E-state index is 0.265. The van der Waals surface area contributed by atoms with Gasteiger partial charge in [-0.25, -0.2) is 10.2 Å². The third-order valence-corrected chi connectivity index (χ3v) is 4.42. The Morgan fingerprint density at radius 2 is 2.11 bits per heavy atom. The molecule has 0 unspecified atom stereocenters. The van der Waals surface area contributed by atoms with Gasteiger partial charge in [-0.2, -0.15) is 10.1 Å². The van der Waals surface area contributed by atoms with Crippen LogP contribution in [-0.4, -0.2) is 39.0 Å². The smallest absolute Gasteiger partial charge is 0.329 e. The molecule has 9 nitrogen and oxygen atoms in total. The van der Waals surface area contributed by atoms with Crippen LogP contribution < -0.4 is 16.7 Å². The highest BCUT2D eigenvalue weighted by Crippen LogP contribution is 2.16. The summed E-state index contributed by atoms with van der Waals surface area (Å²) >= 11 is 3.44. The minimum Gasteiger partial charge on any atom is -0.383 e. The van der Waals surface area contributed by atoms with Gasteiger partial charge in [0, 0.05) is 25.2 Å². The first-order valence-corrected chi connectivity index (χ1v) is 9.20. The van der Waals surface area contributed by atoms with E-state index in [1.54, 1.807) is 24.9 Å². The number of rotatable bonds is 7. The molecule has 3 aromatic rings. The number of benzene rings is 1. The number of nitrogens with one attached hydrogen (secondary N) is 2. The van der Waals surface area contributed by atoms with E-state index in [-0.39, 0.29) is 11.2 Å². The van der Waals surface area contributed by atoms with Crippen molar-refractivity contribution in [1.29, 1.82) is 0 Å². The van der Waals surface area contributed by atoms with E-state index >= 15 is 0 Å². The van der Waals surface area contributed by atoms with Gasteiger partial charge in [0.15, 0.2) is 11.2 Å². The molecular formula is C18H19BrN6O3. The van der Waals surface area contributed by atoms with Crippen LogP contribution in [0.1, 0.15) is 5.56 Å². The van der Waals surface area contributed by atoms with Gasteiger partial charge in [-0.3, -0.25) is 14.3 Å². The summed E-state index contributed by atoms with van der Waals surface area (Å²) < 4.78 is 8.76. The topological polar surface area (TPSA) is 106 Å². The van der Waals surface area contributed by atoms with E-state index in [9.17, 15) is 9.59 Å². The fourth-order valence-corrected chi connectivity index (χ4v) is 2.98. The van der Waals surface area contributed by atoms with Crippen molar-refractivity contribution in [2.75, 3.05) is 19.1 Å². The molecule has 0 saturated carbocycles. The molecule has 2 aromatic heterocycles. The zero-order valence-corrected chi connectivity index (χ0v) is 16.9. The van der Waals surface area contributed by atoms with Gasteiger partial charge in [0.1, 0.15) is 0 Å². The van der Waals surface area contributed by atoms with Crippen molar-refractivity contribution in [1.82, 2.24) is 19.1 Å². The normalized spacial score (nSPS) is 12.2. The summed E-state index contributed by atoms with van der Waals surface area (Å²) in [6, 6.07) is 9.78. The lowest BCUT2D eigenvalue weighted by molar-refractivity contribution is 0.188. The van der Waals surface area contributed by atoms with E-state index in [4.69, 9.17) is 4.74 Å². The van der Waals surface area contributed by atoms with Crippen LogP contribution in [-0.2, 0) is 18.3 Å². The summed E-state index contributed by atoms with van der Waals surface area (Å²) in [5.74, 6) is 0.329. The molecule has 10 heteroatoms. The Labute approximate surface area is 168 Å². The van der Waals surface area contributed by atoms with Gasteiger partial charge >= 0.3 is 5.69 Å². The number of hydrazone groups is 1. The van der Waals surface area contributed by atoms with Gasteiger partial charge in [0.05, 0.1) is 12.8 Å². The molecule has 28 heavy (non-hydrogen) atoms. The molecule has 0 aliphatic heterocycles. The SMILES string of the molecule is COCCn1c(NN=CC(Br)=Cc2ccccc2)nc2c1c(=O)[nH]c(=O)n2C. The van der Waals surface area contributed by atoms with Crippen molar-refractivity contribution in [3.63, 3.8) is 0 Å². The first kappa shape index (κ1) is 19.8. The molecule has 2 heterocycles. The van der Waals surface area contributed by atoms with E-state index in [2.05, 4.69) is 36.4 Å². The van der Waals surface area contributed by atoms with E-state index in [1.807, 2.05) is 36.4 Å². The third kappa shape index (κ3) is 4.29. The molecule has 0 fully saturated rings. The monoisotopic (exact) mass is 446 g/mol. The van der Waals surface area contributed by atoms with Gasteiger partial charge in [0.25, 0.3) is 5.56 Å². The largest absolute Gasteiger partial charge is 0.383 e. The number of hydrogen-bond acceptors (Lipinski definition) is 6. The van der Waals surface area contributed by atoms with E-state index in [0.29, 0.717) is 19.1 Å². The Bertz CT molecular complexity index is 1140. The number of aryl methyl sites for hydroxylation is 1. The molecule has 146 valence electrons. The number of imidazole rings is 1. The van der Waals surface area contributed by atoms with Crippen LogP contribution in [0, 0.1) is 0 Å². The van der Waals surface area contributed by atoms with Crippen molar-refractivity contribution in [3.05, 3.63) is 61.2 Å². The number of methoxy groups -OCH3 is 1. The van der Waals surface area contributed by atoms with Crippen LogP contribution in [0.4, 0.5) is 5.95 Å². The van der Waals surface area contributed by atoms with Gasteiger partial charge < -0.3 is 9.30 Å². The number of halogens is 1. The number of allylic oxidation sites excluding steroid dienone is 1. The Morgan fingerprint density at radius 3 is 2.82 bits per heavy atom. The molecule has 0 atom stereocenters. The molecule has 1 aromatic carbocycles. The lowest BCUT2D eigenvalue weighted by Crippen LogP contribution is -2.29.